The number of aromatic nitrogens is 4. The summed E-state index contributed by atoms with van der Waals surface area (Å²) in [4.78, 5) is 19.4. The Morgan fingerprint density at radius 2 is 0.703 bits per heavy atom. The number of fused-ring (bicyclic) bond motifs is 6. The summed E-state index contributed by atoms with van der Waals surface area (Å²) in [5, 5.41) is 6.94. The quantitative estimate of drug-likeness (QED) is 0.160. The van der Waals surface area contributed by atoms with Gasteiger partial charge in [-0.25, -0.2) is 0 Å². The number of hydrogen-bond acceptors (Lipinski definition) is 6. The number of pyridine rings is 2. The minimum Gasteiger partial charge on any atom is -0.309 e. The number of nitrogens with zero attached hydrogens (tertiary/aromatic N) is 6. The summed E-state index contributed by atoms with van der Waals surface area (Å²) in [5.74, 6) is 1.95. The third kappa shape index (κ3) is 6.75. The van der Waals surface area contributed by atoms with Crippen molar-refractivity contribution in [3.63, 3.8) is 0 Å². The van der Waals surface area contributed by atoms with Crippen LogP contribution in [0.25, 0.3) is 88.4 Å². The van der Waals surface area contributed by atoms with Gasteiger partial charge in [-0.3, -0.25) is 20.0 Å². The van der Waals surface area contributed by atoms with E-state index in [2.05, 4.69) is 182 Å². The molecule has 0 spiro atoms. The van der Waals surface area contributed by atoms with Gasteiger partial charge in [0.05, 0.1) is 43.2 Å². The fourth-order valence-electron chi connectivity index (χ4n) is 9.37. The average Bonchev–Trinajstić information content (AvgIpc) is 4.08. The number of thioether (sulfide) groups is 2. The molecule has 0 fully saturated rings. The number of rotatable bonds is 7. The summed E-state index contributed by atoms with van der Waals surface area (Å²) in [6, 6.07) is 53.4. The van der Waals surface area contributed by atoms with Crippen LogP contribution in [0.4, 0.5) is 0 Å². The lowest BCUT2D eigenvalue weighted by Gasteiger charge is -2.10. The van der Waals surface area contributed by atoms with Gasteiger partial charge in [-0.15, -0.1) is 23.5 Å². The Hall–Kier alpha value is -6.74. The molecule has 0 saturated carbocycles. The Morgan fingerprint density at radius 1 is 0.375 bits per heavy atom. The van der Waals surface area contributed by atoms with Crippen molar-refractivity contribution in [2.75, 3.05) is 11.5 Å². The Balaban J connectivity index is 1.02. The maximum Gasteiger partial charge on any atom is 0.1000 e. The topological polar surface area (TPSA) is 60.4 Å². The third-order valence-corrected chi connectivity index (χ3v) is 15.4. The van der Waals surface area contributed by atoms with Gasteiger partial charge < -0.3 is 9.13 Å². The molecule has 310 valence electrons. The SMILES string of the molecule is CC1(C)CSC(c2cncc(-c3ccc4c(c3)c3cc(-c5ccc6c(c5)c5cc(-c7cncc(C8=NC(C)(C)CS8)c7)ccc5n6-c5ccccc5)ccc3n4-c3ccccc3)c2)=N1. The van der Waals surface area contributed by atoms with Crippen LogP contribution in [0.3, 0.4) is 0 Å². The molecular weight excluding hydrogens is 821 g/mol. The van der Waals surface area contributed by atoms with E-state index < -0.39 is 0 Å². The van der Waals surface area contributed by atoms with Crippen LogP contribution in [0.2, 0.25) is 0 Å². The molecular formula is C56H44N6S2. The molecule has 0 unspecified atom stereocenters. The number of aliphatic imine (C=N–C) groups is 2. The van der Waals surface area contributed by atoms with Gasteiger partial charge in [-0.1, -0.05) is 60.7 Å². The first-order chi connectivity index (χ1) is 31.1. The number of para-hydroxylation sites is 2. The molecule has 0 N–H and O–H groups in total. The third-order valence-electron chi connectivity index (χ3n) is 12.5. The molecule has 10 aromatic rings. The number of hydrogen-bond donors (Lipinski definition) is 0. The summed E-state index contributed by atoms with van der Waals surface area (Å²) in [5.41, 5.74) is 15.7. The minimum atomic E-state index is -0.0647. The van der Waals surface area contributed by atoms with E-state index in [0.717, 1.165) is 66.3 Å². The van der Waals surface area contributed by atoms with Crippen molar-refractivity contribution in [1.29, 1.82) is 0 Å². The zero-order chi connectivity index (χ0) is 43.2. The van der Waals surface area contributed by atoms with Gasteiger partial charge in [0.2, 0.25) is 0 Å². The van der Waals surface area contributed by atoms with Crippen LogP contribution in [-0.4, -0.2) is 51.8 Å². The average molecular weight is 865 g/mol. The standard InChI is InChI=1S/C56H44N6S2/c1-55(2)33-63-53(59-55)41-23-39(29-57-31-41)37-17-21-51-47(27-37)45-25-35(15-19-49(45)61(51)43-11-7-5-8-12-43)36-16-20-50-46(26-36)48-28-38(18-22-52(48)62(50)44-13-9-6-10-14-44)40-24-42(32-58-30-40)54-60-56(3,4)34-64-54/h5-32H,33-34H2,1-4H3. The zero-order valence-electron chi connectivity index (χ0n) is 36.1. The first-order valence-electron chi connectivity index (χ1n) is 21.8. The Bertz CT molecular complexity index is 3320. The van der Waals surface area contributed by atoms with Crippen LogP contribution < -0.4 is 0 Å². The Morgan fingerprint density at radius 3 is 1.03 bits per heavy atom. The highest BCUT2D eigenvalue weighted by molar-refractivity contribution is 8.15. The van der Waals surface area contributed by atoms with Crippen molar-refractivity contribution >= 4 is 77.2 Å². The molecule has 0 aliphatic carbocycles. The largest absolute Gasteiger partial charge is 0.309 e. The number of benzene rings is 6. The van der Waals surface area contributed by atoms with Gasteiger partial charge in [0.1, 0.15) is 0 Å². The normalized spacial score (nSPS) is 15.7. The second kappa shape index (κ2) is 14.9. The smallest absolute Gasteiger partial charge is 0.1000 e. The van der Waals surface area contributed by atoms with Crippen LogP contribution in [0.1, 0.15) is 38.8 Å². The lowest BCUT2D eigenvalue weighted by molar-refractivity contribution is 0.605. The van der Waals surface area contributed by atoms with Crippen molar-refractivity contribution in [1.82, 2.24) is 19.1 Å². The lowest BCUT2D eigenvalue weighted by Crippen LogP contribution is -2.15. The molecule has 6 nitrogen and oxygen atoms in total. The van der Waals surface area contributed by atoms with Gasteiger partial charge in [0.15, 0.2) is 0 Å². The fourth-order valence-corrected chi connectivity index (χ4v) is 11.7. The summed E-state index contributed by atoms with van der Waals surface area (Å²) >= 11 is 3.63. The highest BCUT2D eigenvalue weighted by atomic mass is 32.2. The van der Waals surface area contributed by atoms with Crippen LogP contribution in [0, 0.1) is 0 Å². The lowest BCUT2D eigenvalue weighted by atomic mass is 9.98. The molecule has 2 aliphatic heterocycles. The first-order valence-corrected chi connectivity index (χ1v) is 23.8. The summed E-state index contributed by atoms with van der Waals surface area (Å²) in [6.07, 6.45) is 7.83. The fraction of sp³-hybridized carbons (Fsp3) is 0.143. The molecule has 6 aromatic carbocycles. The zero-order valence-corrected chi connectivity index (χ0v) is 37.7. The summed E-state index contributed by atoms with van der Waals surface area (Å²) < 4.78 is 4.78. The second-order valence-corrected chi connectivity index (χ2v) is 20.2. The Labute approximate surface area is 380 Å². The van der Waals surface area contributed by atoms with Crippen LogP contribution in [0.15, 0.2) is 180 Å². The van der Waals surface area contributed by atoms with Gasteiger partial charge in [-0.2, -0.15) is 0 Å². The van der Waals surface area contributed by atoms with E-state index in [1.165, 1.54) is 54.7 Å². The van der Waals surface area contributed by atoms with Gasteiger partial charge in [0, 0.05) is 91.5 Å². The summed E-state index contributed by atoms with van der Waals surface area (Å²) in [6.45, 7) is 8.77. The van der Waals surface area contributed by atoms with Crippen LogP contribution in [-0.2, 0) is 0 Å². The van der Waals surface area contributed by atoms with Gasteiger partial charge >= 0.3 is 0 Å². The highest BCUT2D eigenvalue weighted by Crippen LogP contribution is 2.41. The van der Waals surface area contributed by atoms with Crippen molar-refractivity contribution in [2.45, 2.75) is 38.8 Å². The predicted molar refractivity (Wildman–Crippen MR) is 273 cm³/mol. The molecule has 8 heteroatoms. The predicted octanol–water partition coefficient (Wildman–Crippen LogP) is 14.2. The summed E-state index contributed by atoms with van der Waals surface area (Å²) in [7, 11) is 0. The molecule has 6 heterocycles. The van der Waals surface area contributed by atoms with Crippen molar-refractivity contribution in [3.8, 4) is 44.8 Å². The molecule has 4 aromatic heterocycles. The monoisotopic (exact) mass is 864 g/mol. The molecule has 64 heavy (non-hydrogen) atoms. The molecule has 0 radical (unpaired) electrons. The van der Waals surface area contributed by atoms with E-state index in [-0.39, 0.29) is 11.1 Å². The van der Waals surface area contributed by atoms with E-state index >= 15 is 0 Å². The molecule has 0 atom stereocenters. The molecule has 12 rings (SSSR count). The van der Waals surface area contributed by atoms with E-state index in [9.17, 15) is 0 Å². The van der Waals surface area contributed by atoms with Crippen LogP contribution in [0.5, 0.6) is 0 Å². The van der Waals surface area contributed by atoms with E-state index in [1.54, 1.807) is 0 Å². The second-order valence-electron chi connectivity index (χ2n) is 18.2. The molecule has 0 amide bonds. The van der Waals surface area contributed by atoms with Gasteiger partial charge in [-0.05, 0) is 135 Å². The van der Waals surface area contributed by atoms with Gasteiger partial charge in [0.25, 0.3) is 0 Å². The van der Waals surface area contributed by atoms with Crippen molar-refractivity contribution in [2.24, 2.45) is 9.98 Å². The molecule has 0 bridgehead atoms. The van der Waals surface area contributed by atoms with Crippen molar-refractivity contribution in [3.05, 3.63) is 182 Å². The first kappa shape index (κ1) is 38.9. The maximum absolute atomic E-state index is 5.01. The minimum absolute atomic E-state index is 0.0647. The van der Waals surface area contributed by atoms with Crippen LogP contribution >= 0.6 is 23.5 Å². The molecule has 0 saturated heterocycles. The Kier molecular flexibility index (Phi) is 9.08. The van der Waals surface area contributed by atoms with E-state index in [1.807, 2.05) is 48.3 Å². The molecule has 2 aliphatic rings. The van der Waals surface area contributed by atoms with E-state index in [0.29, 0.717) is 0 Å². The van der Waals surface area contributed by atoms with Crippen molar-refractivity contribution < 1.29 is 0 Å². The maximum atomic E-state index is 5.01. The van der Waals surface area contributed by atoms with E-state index in [4.69, 9.17) is 20.0 Å². The highest BCUT2D eigenvalue weighted by Gasteiger charge is 2.28.